The van der Waals surface area contributed by atoms with Crippen molar-refractivity contribution < 1.29 is 27.9 Å². The van der Waals surface area contributed by atoms with Crippen molar-refractivity contribution in [3.63, 3.8) is 0 Å². The van der Waals surface area contributed by atoms with Gasteiger partial charge in [-0.3, -0.25) is 9.59 Å². The van der Waals surface area contributed by atoms with Crippen molar-refractivity contribution in [2.75, 3.05) is 29.0 Å². The van der Waals surface area contributed by atoms with Crippen LogP contribution in [-0.2, 0) is 16.1 Å². The molecule has 2 aromatic carbocycles. The first-order valence-electron chi connectivity index (χ1n) is 13.5. The Bertz CT molecular complexity index is 1430. The monoisotopic (exact) mass is 580 g/mol. The molecular weight excluding hydrogens is 546 g/mol. The number of halogens is 2. The number of carbonyl (C=O) groups excluding carboxylic acids is 3. The largest absolute Gasteiger partial charge is 0.444 e. The summed E-state index contributed by atoms with van der Waals surface area (Å²) in [5.74, 6) is -2.06. The molecule has 3 amide bonds. The first-order valence-corrected chi connectivity index (χ1v) is 13.5. The van der Waals surface area contributed by atoms with Crippen molar-refractivity contribution in [2.45, 2.75) is 45.8 Å². The number of pyridine rings is 1. The van der Waals surface area contributed by atoms with Gasteiger partial charge in [-0.05, 0) is 75.6 Å². The Morgan fingerprint density at radius 2 is 1.62 bits per heavy atom. The molecule has 0 aliphatic carbocycles. The number of aromatic nitrogens is 1. The number of rotatable bonds is 8. The van der Waals surface area contributed by atoms with E-state index in [0.717, 1.165) is 6.07 Å². The van der Waals surface area contributed by atoms with E-state index in [2.05, 4.69) is 20.9 Å². The van der Waals surface area contributed by atoms with Gasteiger partial charge in [-0.25, -0.2) is 18.6 Å². The number of nitrogens with two attached hydrogens (primary N) is 1. The molecule has 1 aliphatic rings. The van der Waals surface area contributed by atoms with Crippen molar-refractivity contribution in [3.8, 4) is 0 Å². The van der Waals surface area contributed by atoms with Gasteiger partial charge in [0.15, 0.2) is 0 Å². The van der Waals surface area contributed by atoms with Crippen molar-refractivity contribution in [2.24, 2.45) is 11.7 Å². The smallest absolute Gasteiger partial charge is 0.410 e. The number of nitrogens with zero attached hydrogens (tertiary/aromatic N) is 2. The number of amides is 3. The van der Waals surface area contributed by atoms with E-state index in [9.17, 15) is 23.2 Å². The molecule has 3 aromatic rings. The van der Waals surface area contributed by atoms with Crippen molar-refractivity contribution in [1.29, 1.82) is 0 Å². The lowest BCUT2D eigenvalue weighted by Crippen LogP contribution is -2.43. The molecular formula is C30H34F2N6O4. The molecule has 10 nitrogen and oxygen atoms in total. The minimum Gasteiger partial charge on any atom is -0.444 e. The van der Waals surface area contributed by atoms with Gasteiger partial charge >= 0.3 is 6.09 Å². The van der Waals surface area contributed by atoms with E-state index in [4.69, 9.17) is 10.5 Å². The molecule has 0 saturated carbocycles. The maximum Gasteiger partial charge on any atom is 0.410 e. The zero-order valence-corrected chi connectivity index (χ0v) is 23.7. The van der Waals surface area contributed by atoms with E-state index in [-0.39, 0.29) is 30.0 Å². The predicted molar refractivity (Wildman–Crippen MR) is 155 cm³/mol. The Balaban J connectivity index is 1.33. The predicted octanol–water partition coefficient (Wildman–Crippen LogP) is 5.40. The standard InChI is InChI=1S/C30H34F2N6O4/c1-30(2,3)42-29(41)38-10-8-19(9-11-38)28(40)37-23-6-4-22(5-7-23)36-26-15-25(24(17-35-26)27(33)39)34-16-18-12-20(31)14-21(32)13-18/h4-7,12-15,17,19H,8-11,16H2,1-3H3,(H2,33,39)(H,37,40)(H2,34,35,36). The summed E-state index contributed by atoms with van der Waals surface area (Å²) in [5, 5.41) is 9.02. The number of hydrogen-bond acceptors (Lipinski definition) is 7. The van der Waals surface area contributed by atoms with Crippen LogP contribution in [-0.4, -0.2) is 46.5 Å². The molecule has 0 bridgehead atoms. The molecule has 0 unspecified atom stereocenters. The van der Waals surface area contributed by atoms with Crippen molar-refractivity contribution in [1.82, 2.24) is 9.88 Å². The Morgan fingerprint density at radius 1 is 1.00 bits per heavy atom. The highest BCUT2D eigenvalue weighted by atomic mass is 19.1. The lowest BCUT2D eigenvalue weighted by molar-refractivity contribution is -0.121. The SMILES string of the molecule is CC(C)(C)OC(=O)N1CCC(C(=O)Nc2ccc(Nc3cc(NCc4cc(F)cc(F)c4)c(C(N)=O)cn3)cc2)CC1. The summed E-state index contributed by atoms with van der Waals surface area (Å²) in [6.07, 6.45) is 2.03. The number of anilines is 4. The summed E-state index contributed by atoms with van der Waals surface area (Å²) in [7, 11) is 0. The summed E-state index contributed by atoms with van der Waals surface area (Å²) in [6, 6.07) is 11.7. The Kier molecular flexibility index (Phi) is 9.24. The molecule has 1 saturated heterocycles. The number of carbonyl (C=O) groups is 3. The van der Waals surface area contributed by atoms with Crippen LogP contribution >= 0.6 is 0 Å². The zero-order valence-electron chi connectivity index (χ0n) is 23.7. The average molecular weight is 581 g/mol. The second-order valence-electron chi connectivity index (χ2n) is 11.0. The first-order chi connectivity index (χ1) is 19.9. The maximum absolute atomic E-state index is 13.5. The van der Waals surface area contributed by atoms with Gasteiger partial charge in [-0.2, -0.15) is 0 Å². The van der Waals surface area contributed by atoms with E-state index in [1.807, 2.05) is 20.8 Å². The lowest BCUT2D eigenvalue weighted by atomic mass is 9.96. The topological polar surface area (TPSA) is 139 Å². The minimum absolute atomic E-state index is 0.0484. The van der Waals surface area contributed by atoms with Crippen LogP contribution in [0.2, 0.25) is 0 Å². The highest BCUT2D eigenvalue weighted by Gasteiger charge is 2.30. The fourth-order valence-electron chi connectivity index (χ4n) is 4.46. The zero-order chi connectivity index (χ0) is 30.4. The fraction of sp³-hybridized carbons (Fsp3) is 0.333. The van der Waals surface area contributed by atoms with Crippen LogP contribution in [0.25, 0.3) is 0 Å². The first kappa shape index (κ1) is 30.2. The van der Waals surface area contributed by atoms with Gasteiger partial charge < -0.3 is 31.3 Å². The Morgan fingerprint density at radius 3 is 2.21 bits per heavy atom. The number of benzene rings is 2. The van der Waals surface area contributed by atoms with Crippen LogP contribution in [0.3, 0.4) is 0 Å². The highest BCUT2D eigenvalue weighted by molar-refractivity contribution is 5.98. The summed E-state index contributed by atoms with van der Waals surface area (Å²) < 4.78 is 32.5. The third-order valence-corrected chi connectivity index (χ3v) is 6.52. The summed E-state index contributed by atoms with van der Waals surface area (Å²) >= 11 is 0. The normalized spacial score (nSPS) is 13.8. The van der Waals surface area contributed by atoms with E-state index in [1.165, 1.54) is 18.3 Å². The number of hydrogen-bond donors (Lipinski definition) is 4. The van der Waals surface area contributed by atoms with Gasteiger partial charge in [0.1, 0.15) is 23.1 Å². The number of ether oxygens (including phenoxy) is 1. The van der Waals surface area contributed by atoms with Crippen LogP contribution in [0, 0.1) is 17.6 Å². The Labute approximate surface area is 242 Å². The molecule has 0 atom stereocenters. The van der Waals surface area contributed by atoms with Crippen LogP contribution in [0.5, 0.6) is 0 Å². The molecule has 0 radical (unpaired) electrons. The lowest BCUT2D eigenvalue weighted by Gasteiger charge is -2.32. The van der Waals surface area contributed by atoms with Gasteiger partial charge in [-0.15, -0.1) is 0 Å². The van der Waals surface area contributed by atoms with E-state index >= 15 is 0 Å². The molecule has 5 N–H and O–H groups in total. The van der Waals surface area contributed by atoms with Gasteiger partial charge in [0.25, 0.3) is 5.91 Å². The molecule has 1 aromatic heterocycles. The van der Waals surface area contributed by atoms with E-state index in [0.29, 0.717) is 54.4 Å². The molecule has 222 valence electrons. The molecule has 1 aliphatic heterocycles. The molecule has 12 heteroatoms. The van der Waals surface area contributed by atoms with Crippen LogP contribution in [0.15, 0.2) is 54.7 Å². The van der Waals surface area contributed by atoms with Crippen molar-refractivity contribution in [3.05, 3.63) is 77.5 Å². The number of nitrogens with one attached hydrogen (secondary N) is 3. The van der Waals surface area contributed by atoms with Gasteiger partial charge in [0, 0.05) is 55.3 Å². The van der Waals surface area contributed by atoms with E-state index in [1.54, 1.807) is 35.2 Å². The third kappa shape index (κ3) is 8.38. The second-order valence-corrected chi connectivity index (χ2v) is 11.0. The Hall–Kier alpha value is -4.74. The molecule has 42 heavy (non-hydrogen) atoms. The summed E-state index contributed by atoms with van der Waals surface area (Å²) in [4.78, 5) is 42.8. The highest BCUT2D eigenvalue weighted by Crippen LogP contribution is 2.25. The minimum atomic E-state index is -0.711. The van der Waals surface area contributed by atoms with Crippen LogP contribution in [0.4, 0.5) is 36.5 Å². The fourth-order valence-corrected chi connectivity index (χ4v) is 4.46. The van der Waals surface area contributed by atoms with Gasteiger partial charge in [0.2, 0.25) is 5.91 Å². The average Bonchev–Trinajstić information content (AvgIpc) is 2.91. The van der Waals surface area contributed by atoms with Gasteiger partial charge in [0.05, 0.1) is 11.3 Å². The number of likely N-dealkylation sites (tertiary alicyclic amines) is 1. The van der Waals surface area contributed by atoms with Gasteiger partial charge in [-0.1, -0.05) is 0 Å². The van der Waals surface area contributed by atoms with Crippen LogP contribution < -0.4 is 21.7 Å². The number of piperidine rings is 1. The molecule has 2 heterocycles. The molecule has 4 rings (SSSR count). The second kappa shape index (κ2) is 12.8. The number of primary amides is 1. The quantitative estimate of drug-likeness (QED) is 0.280. The molecule has 0 spiro atoms. The van der Waals surface area contributed by atoms with Crippen molar-refractivity contribution >= 4 is 40.8 Å². The van der Waals surface area contributed by atoms with E-state index < -0.39 is 23.1 Å². The summed E-state index contributed by atoms with van der Waals surface area (Å²) in [5.41, 5.74) is 6.98. The summed E-state index contributed by atoms with van der Waals surface area (Å²) in [6.45, 7) is 6.40. The third-order valence-electron chi connectivity index (χ3n) is 6.52. The maximum atomic E-state index is 13.5. The molecule has 1 fully saturated rings. The van der Waals surface area contributed by atoms with Crippen LogP contribution in [0.1, 0.15) is 49.5 Å².